The van der Waals surface area contributed by atoms with Crippen molar-refractivity contribution in [3.8, 4) is 22.5 Å². The van der Waals surface area contributed by atoms with Crippen LogP contribution < -0.4 is 5.32 Å². The molecular formula is C25H19N3OS. The van der Waals surface area contributed by atoms with Crippen LogP contribution in [0, 0.1) is 0 Å². The molecule has 0 aliphatic carbocycles. The summed E-state index contributed by atoms with van der Waals surface area (Å²) in [5.74, 6) is -0.0755. The molecule has 30 heavy (non-hydrogen) atoms. The molecule has 0 spiro atoms. The van der Waals surface area contributed by atoms with Crippen molar-refractivity contribution < 1.29 is 4.79 Å². The molecule has 3 aromatic carbocycles. The molecule has 2 aromatic heterocycles. The maximum atomic E-state index is 12.4. The van der Waals surface area contributed by atoms with Crippen molar-refractivity contribution in [2.75, 3.05) is 0 Å². The van der Waals surface area contributed by atoms with Crippen LogP contribution in [0.15, 0.2) is 90.3 Å². The molecule has 0 saturated carbocycles. The number of thiophene rings is 1. The number of nitrogens with zero attached hydrogens (tertiary/aromatic N) is 1. The van der Waals surface area contributed by atoms with Gasteiger partial charge in [0, 0.05) is 21.6 Å². The number of hydrogen-bond acceptors (Lipinski definition) is 3. The number of carbonyl (C=O) groups is 1. The van der Waals surface area contributed by atoms with E-state index in [0.717, 1.165) is 27.4 Å². The lowest BCUT2D eigenvalue weighted by Gasteiger charge is -2.05. The molecular weight excluding hydrogens is 390 g/mol. The van der Waals surface area contributed by atoms with Crippen molar-refractivity contribution in [2.24, 2.45) is 0 Å². The lowest BCUT2D eigenvalue weighted by atomic mass is 10.0. The molecule has 0 atom stereocenters. The molecule has 2 N–H and O–H groups in total. The zero-order chi connectivity index (χ0) is 20.3. The maximum absolute atomic E-state index is 12.4. The van der Waals surface area contributed by atoms with Gasteiger partial charge in [0.1, 0.15) is 0 Å². The summed E-state index contributed by atoms with van der Waals surface area (Å²) in [6, 6.07) is 28.2. The Hall–Kier alpha value is -3.70. The van der Waals surface area contributed by atoms with E-state index in [9.17, 15) is 4.79 Å². The SMILES string of the molecule is O=C(NCc1cccs1)c1ccc(-c2cc(-c3cccc4ccccc34)[nH]n2)cc1. The highest BCUT2D eigenvalue weighted by molar-refractivity contribution is 7.09. The van der Waals surface area contributed by atoms with Crippen LogP contribution in [0.3, 0.4) is 0 Å². The molecule has 0 aliphatic rings. The second-order valence-electron chi connectivity index (χ2n) is 7.03. The number of rotatable bonds is 5. The van der Waals surface area contributed by atoms with E-state index in [1.54, 1.807) is 11.3 Å². The van der Waals surface area contributed by atoms with Gasteiger partial charge in [0.15, 0.2) is 0 Å². The van der Waals surface area contributed by atoms with Gasteiger partial charge in [0.2, 0.25) is 0 Å². The molecule has 5 heteroatoms. The normalized spacial score (nSPS) is 10.9. The standard InChI is InChI=1S/C25H19N3OS/c29-25(26-16-20-7-4-14-30-20)19-12-10-18(11-13-19)23-15-24(28-27-23)22-9-3-6-17-5-1-2-8-21(17)22/h1-15H,16H2,(H,26,29)(H,27,28). The first-order valence-electron chi connectivity index (χ1n) is 9.72. The Balaban J connectivity index is 1.35. The van der Waals surface area contributed by atoms with Gasteiger partial charge in [0.05, 0.1) is 17.9 Å². The first kappa shape index (κ1) is 18.3. The van der Waals surface area contributed by atoms with Crippen molar-refractivity contribution in [1.82, 2.24) is 15.5 Å². The summed E-state index contributed by atoms with van der Waals surface area (Å²) >= 11 is 1.63. The van der Waals surface area contributed by atoms with Crippen molar-refractivity contribution in [3.05, 3.63) is 101 Å². The van der Waals surface area contributed by atoms with Crippen LogP contribution in [-0.4, -0.2) is 16.1 Å². The molecule has 0 bridgehead atoms. The number of fused-ring (bicyclic) bond motifs is 1. The van der Waals surface area contributed by atoms with Gasteiger partial charge >= 0.3 is 0 Å². The van der Waals surface area contributed by atoms with Crippen molar-refractivity contribution in [3.63, 3.8) is 0 Å². The van der Waals surface area contributed by atoms with E-state index in [-0.39, 0.29) is 5.91 Å². The second-order valence-corrected chi connectivity index (χ2v) is 8.07. The maximum Gasteiger partial charge on any atom is 0.251 e. The van der Waals surface area contributed by atoms with Crippen LogP contribution >= 0.6 is 11.3 Å². The molecule has 1 amide bonds. The Kier molecular flexibility index (Phi) is 4.87. The summed E-state index contributed by atoms with van der Waals surface area (Å²) in [5, 5.41) is 15.0. The molecule has 0 saturated heterocycles. The van der Waals surface area contributed by atoms with Crippen LogP contribution in [0.5, 0.6) is 0 Å². The number of aromatic amines is 1. The fraction of sp³-hybridized carbons (Fsp3) is 0.0400. The van der Waals surface area contributed by atoms with Crippen LogP contribution in [0.1, 0.15) is 15.2 Å². The largest absolute Gasteiger partial charge is 0.347 e. The highest BCUT2D eigenvalue weighted by atomic mass is 32.1. The average Bonchev–Trinajstić information content (AvgIpc) is 3.50. The molecule has 5 aromatic rings. The van der Waals surface area contributed by atoms with E-state index in [1.165, 1.54) is 10.8 Å². The zero-order valence-corrected chi connectivity index (χ0v) is 16.9. The summed E-state index contributed by atoms with van der Waals surface area (Å²) in [6.07, 6.45) is 0. The molecule has 2 heterocycles. The van der Waals surface area contributed by atoms with E-state index >= 15 is 0 Å². The van der Waals surface area contributed by atoms with Gasteiger partial charge in [-0.1, -0.05) is 60.7 Å². The quantitative estimate of drug-likeness (QED) is 0.380. The Morgan fingerprint density at radius 3 is 2.60 bits per heavy atom. The second kappa shape index (κ2) is 7.97. The third-order valence-electron chi connectivity index (χ3n) is 5.10. The third kappa shape index (κ3) is 3.63. The minimum Gasteiger partial charge on any atom is -0.347 e. The van der Waals surface area contributed by atoms with E-state index in [4.69, 9.17) is 0 Å². The van der Waals surface area contributed by atoms with Crippen LogP contribution in [0.2, 0.25) is 0 Å². The van der Waals surface area contributed by atoms with Crippen molar-refractivity contribution >= 4 is 28.0 Å². The molecule has 4 nitrogen and oxygen atoms in total. The molecule has 146 valence electrons. The minimum absolute atomic E-state index is 0.0755. The Morgan fingerprint density at radius 1 is 0.933 bits per heavy atom. The first-order chi connectivity index (χ1) is 14.8. The molecule has 5 rings (SSSR count). The minimum atomic E-state index is -0.0755. The fourth-order valence-electron chi connectivity index (χ4n) is 3.54. The number of benzene rings is 3. The smallest absolute Gasteiger partial charge is 0.251 e. The van der Waals surface area contributed by atoms with Gasteiger partial charge in [-0.05, 0) is 40.4 Å². The summed E-state index contributed by atoms with van der Waals surface area (Å²) < 4.78 is 0. The number of nitrogens with one attached hydrogen (secondary N) is 2. The van der Waals surface area contributed by atoms with E-state index in [0.29, 0.717) is 12.1 Å². The third-order valence-corrected chi connectivity index (χ3v) is 5.98. The number of H-pyrrole nitrogens is 1. The van der Waals surface area contributed by atoms with Crippen LogP contribution in [0.25, 0.3) is 33.3 Å². The highest BCUT2D eigenvalue weighted by Crippen LogP contribution is 2.29. The molecule has 0 fully saturated rings. The summed E-state index contributed by atoms with van der Waals surface area (Å²) in [7, 11) is 0. The Morgan fingerprint density at radius 2 is 1.77 bits per heavy atom. The van der Waals surface area contributed by atoms with Gasteiger partial charge in [-0.3, -0.25) is 9.89 Å². The lowest BCUT2D eigenvalue weighted by Crippen LogP contribution is -2.22. The number of carbonyl (C=O) groups excluding carboxylic acids is 1. The predicted molar refractivity (Wildman–Crippen MR) is 122 cm³/mol. The van der Waals surface area contributed by atoms with Gasteiger partial charge in [0.25, 0.3) is 5.91 Å². The van der Waals surface area contributed by atoms with Gasteiger partial charge in [-0.2, -0.15) is 5.10 Å². The first-order valence-corrected chi connectivity index (χ1v) is 10.6. The van der Waals surface area contributed by atoms with E-state index in [2.05, 4.69) is 45.8 Å². The molecule has 0 aliphatic heterocycles. The molecule has 0 unspecified atom stereocenters. The number of hydrogen-bond donors (Lipinski definition) is 2. The van der Waals surface area contributed by atoms with Gasteiger partial charge < -0.3 is 5.32 Å². The Bertz CT molecular complexity index is 1300. The summed E-state index contributed by atoms with van der Waals surface area (Å²) in [6.45, 7) is 0.548. The topological polar surface area (TPSA) is 57.8 Å². The van der Waals surface area contributed by atoms with Crippen LogP contribution in [-0.2, 0) is 6.54 Å². The zero-order valence-electron chi connectivity index (χ0n) is 16.1. The highest BCUT2D eigenvalue weighted by Gasteiger charge is 2.10. The van der Waals surface area contributed by atoms with E-state index < -0.39 is 0 Å². The molecule has 0 radical (unpaired) electrons. The average molecular weight is 410 g/mol. The Labute approximate surface area is 178 Å². The van der Waals surface area contributed by atoms with Gasteiger partial charge in [-0.15, -0.1) is 11.3 Å². The van der Waals surface area contributed by atoms with Gasteiger partial charge in [-0.25, -0.2) is 0 Å². The summed E-state index contributed by atoms with van der Waals surface area (Å²) in [4.78, 5) is 13.5. The van der Waals surface area contributed by atoms with Crippen LogP contribution in [0.4, 0.5) is 0 Å². The number of amides is 1. The number of aromatic nitrogens is 2. The predicted octanol–water partition coefficient (Wildman–Crippen LogP) is 5.89. The summed E-state index contributed by atoms with van der Waals surface area (Å²) in [5.41, 5.74) is 4.55. The van der Waals surface area contributed by atoms with Crippen molar-refractivity contribution in [1.29, 1.82) is 0 Å². The fourth-order valence-corrected chi connectivity index (χ4v) is 4.19. The van der Waals surface area contributed by atoms with E-state index in [1.807, 2.05) is 60.0 Å². The lowest BCUT2D eigenvalue weighted by molar-refractivity contribution is 0.0951. The van der Waals surface area contributed by atoms with Crippen molar-refractivity contribution in [2.45, 2.75) is 6.54 Å². The monoisotopic (exact) mass is 409 g/mol.